The molecule has 0 atom stereocenters. The van der Waals surface area contributed by atoms with E-state index in [1.54, 1.807) is 0 Å². The van der Waals surface area contributed by atoms with Crippen LogP contribution in [-0.2, 0) is 0 Å². The Balaban J connectivity index is 3.19. The van der Waals surface area contributed by atoms with Crippen molar-refractivity contribution in [1.29, 1.82) is 0 Å². The molecule has 5 heteroatoms. The smallest absolute Gasteiger partial charge is 0.423 e. The maximum Gasteiger partial charge on any atom is 0.489 e. The van der Waals surface area contributed by atoms with Gasteiger partial charge in [0.1, 0.15) is 13.9 Å². The predicted octanol–water partition coefficient (Wildman–Crippen LogP) is 0.734. The van der Waals surface area contributed by atoms with Gasteiger partial charge in [0.15, 0.2) is 0 Å². The summed E-state index contributed by atoms with van der Waals surface area (Å²) in [5.74, 6) is 2.40. The van der Waals surface area contributed by atoms with Crippen LogP contribution in [0.1, 0.15) is 5.56 Å². The highest BCUT2D eigenvalue weighted by molar-refractivity contribution is 6.83. The topological polar surface area (TPSA) is 40.5 Å². The lowest BCUT2D eigenvalue weighted by Crippen LogP contribution is -2.32. The molecule has 0 unspecified atom stereocenters. The maximum absolute atomic E-state index is 13.0. The monoisotopic (exact) mass is 236 g/mol. The normalized spacial score (nSPS) is 10.6. The van der Waals surface area contributed by atoms with E-state index in [1.165, 1.54) is 18.2 Å². The van der Waals surface area contributed by atoms with E-state index in [0.29, 0.717) is 5.56 Å². The average molecular weight is 236 g/mol. The summed E-state index contributed by atoms with van der Waals surface area (Å²) < 4.78 is 13.0. The van der Waals surface area contributed by atoms with Crippen LogP contribution < -0.4 is 5.46 Å². The molecule has 1 aromatic carbocycles. The molecule has 0 fully saturated rings. The van der Waals surface area contributed by atoms with E-state index in [4.69, 9.17) is 10.0 Å². The average Bonchev–Trinajstić information content (AvgIpc) is 2.13. The number of halogens is 1. The molecule has 0 spiro atoms. The van der Waals surface area contributed by atoms with E-state index in [-0.39, 0.29) is 5.46 Å². The maximum atomic E-state index is 13.0. The van der Waals surface area contributed by atoms with Gasteiger partial charge in [-0.3, -0.25) is 0 Å². The fourth-order valence-corrected chi connectivity index (χ4v) is 1.63. The van der Waals surface area contributed by atoms with Crippen molar-refractivity contribution >= 4 is 20.7 Å². The Kier molecular flexibility index (Phi) is 3.92. The summed E-state index contributed by atoms with van der Waals surface area (Å²) in [6, 6.07) is 3.75. The van der Waals surface area contributed by atoms with Gasteiger partial charge in [0.25, 0.3) is 0 Å². The molecular weight excluding hydrogens is 222 g/mol. The summed E-state index contributed by atoms with van der Waals surface area (Å²) >= 11 is 0. The third-order valence-corrected chi connectivity index (χ3v) is 2.74. The molecular formula is C11H14BFO2Si. The van der Waals surface area contributed by atoms with Gasteiger partial charge in [-0.25, -0.2) is 4.39 Å². The summed E-state index contributed by atoms with van der Waals surface area (Å²) in [6.07, 6.45) is 0. The number of rotatable bonds is 1. The van der Waals surface area contributed by atoms with Crippen molar-refractivity contribution in [2.24, 2.45) is 0 Å². The van der Waals surface area contributed by atoms with Gasteiger partial charge in [0.05, 0.1) is 0 Å². The fraction of sp³-hybridized carbons (Fsp3) is 0.273. The predicted molar refractivity (Wildman–Crippen MR) is 66.4 cm³/mol. The summed E-state index contributed by atoms with van der Waals surface area (Å²) in [7, 11) is -3.18. The zero-order valence-corrected chi connectivity index (χ0v) is 10.6. The van der Waals surface area contributed by atoms with Crippen LogP contribution in [0.25, 0.3) is 0 Å². The molecule has 0 aliphatic heterocycles. The molecule has 1 aromatic rings. The lowest BCUT2D eigenvalue weighted by atomic mass is 9.77. The van der Waals surface area contributed by atoms with E-state index < -0.39 is 21.0 Å². The lowest BCUT2D eigenvalue weighted by Gasteiger charge is -2.06. The van der Waals surface area contributed by atoms with Crippen LogP contribution in [0.3, 0.4) is 0 Å². The third-order valence-electron chi connectivity index (χ3n) is 1.87. The molecule has 0 saturated heterocycles. The quantitative estimate of drug-likeness (QED) is 0.557. The van der Waals surface area contributed by atoms with Crippen molar-refractivity contribution in [3.05, 3.63) is 29.6 Å². The third kappa shape index (κ3) is 3.82. The van der Waals surface area contributed by atoms with Crippen LogP contribution in [-0.4, -0.2) is 25.2 Å². The Labute approximate surface area is 96.3 Å². The largest absolute Gasteiger partial charge is 0.489 e. The van der Waals surface area contributed by atoms with Crippen molar-refractivity contribution < 1.29 is 14.4 Å². The zero-order chi connectivity index (χ0) is 12.3. The summed E-state index contributed by atoms with van der Waals surface area (Å²) in [6.45, 7) is 6.19. The lowest BCUT2D eigenvalue weighted by molar-refractivity contribution is 0.425. The molecule has 0 aliphatic rings. The van der Waals surface area contributed by atoms with Crippen LogP contribution in [0.2, 0.25) is 19.6 Å². The first-order chi connectivity index (χ1) is 7.29. The standard InChI is InChI=1S/C11H14BFO2Si/c1-16(2,3)7-6-9-8-10(13)4-5-11(9)12(14)15/h4-5,8,14-15H,1-3H3. The Morgan fingerprint density at radius 3 is 2.38 bits per heavy atom. The van der Waals surface area contributed by atoms with Crippen LogP contribution >= 0.6 is 0 Å². The molecule has 0 heterocycles. The van der Waals surface area contributed by atoms with Gasteiger partial charge in [-0.05, 0) is 17.6 Å². The zero-order valence-electron chi connectivity index (χ0n) is 9.58. The molecule has 1 rings (SSSR count). The summed E-state index contributed by atoms with van der Waals surface area (Å²) in [5, 5.41) is 18.2. The second-order valence-electron chi connectivity index (χ2n) is 4.61. The molecule has 0 amide bonds. The van der Waals surface area contributed by atoms with Gasteiger partial charge >= 0.3 is 7.12 Å². The fourth-order valence-electron chi connectivity index (χ4n) is 1.12. The van der Waals surface area contributed by atoms with Gasteiger partial charge in [0, 0.05) is 5.56 Å². The van der Waals surface area contributed by atoms with Crippen molar-refractivity contribution in [1.82, 2.24) is 0 Å². The van der Waals surface area contributed by atoms with Crippen LogP contribution in [0.15, 0.2) is 18.2 Å². The molecule has 0 saturated carbocycles. The minimum absolute atomic E-state index is 0.243. The Morgan fingerprint density at radius 2 is 1.88 bits per heavy atom. The summed E-state index contributed by atoms with van der Waals surface area (Å²) in [4.78, 5) is 0. The Hall–Kier alpha value is -1.09. The van der Waals surface area contributed by atoms with E-state index in [1.807, 2.05) is 0 Å². The second kappa shape index (κ2) is 4.83. The molecule has 0 radical (unpaired) electrons. The highest BCUT2D eigenvalue weighted by Crippen LogP contribution is 2.03. The summed E-state index contributed by atoms with van der Waals surface area (Å²) in [5.41, 5.74) is 3.65. The van der Waals surface area contributed by atoms with Crippen molar-refractivity contribution in [2.75, 3.05) is 0 Å². The Bertz CT molecular complexity index is 444. The first kappa shape index (κ1) is 13.0. The molecule has 0 bridgehead atoms. The van der Waals surface area contributed by atoms with Crippen molar-refractivity contribution in [2.45, 2.75) is 19.6 Å². The highest BCUT2D eigenvalue weighted by Gasteiger charge is 2.16. The number of hydrogen-bond donors (Lipinski definition) is 2. The van der Waals surface area contributed by atoms with Crippen LogP contribution in [0.4, 0.5) is 4.39 Å². The molecule has 2 nitrogen and oxygen atoms in total. The second-order valence-corrected chi connectivity index (χ2v) is 9.36. The van der Waals surface area contributed by atoms with E-state index in [2.05, 4.69) is 31.1 Å². The van der Waals surface area contributed by atoms with Gasteiger partial charge in [-0.1, -0.05) is 31.6 Å². The Morgan fingerprint density at radius 1 is 1.25 bits per heavy atom. The highest BCUT2D eigenvalue weighted by atomic mass is 28.3. The molecule has 84 valence electrons. The van der Waals surface area contributed by atoms with Gasteiger partial charge < -0.3 is 10.0 Å². The first-order valence-electron chi connectivity index (χ1n) is 4.98. The molecule has 16 heavy (non-hydrogen) atoms. The van der Waals surface area contributed by atoms with Crippen molar-refractivity contribution in [3.8, 4) is 11.5 Å². The van der Waals surface area contributed by atoms with Crippen molar-refractivity contribution in [3.63, 3.8) is 0 Å². The molecule has 0 aromatic heterocycles. The minimum Gasteiger partial charge on any atom is -0.423 e. The molecule has 2 N–H and O–H groups in total. The van der Waals surface area contributed by atoms with E-state index in [0.717, 1.165) is 0 Å². The minimum atomic E-state index is -1.62. The van der Waals surface area contributed by atoms with Gasteiger partial charge in [-0.2, -0.15) is 0 Å². The van der Waals surface area contributed by atoms with E-state index >= 15 is 0 Å². The van der Waals surface area contributed by atoms with E-state index in [9.17, 15) is 4.39 Å². The van der Waals surface area contributed by atoms with Crippen LogP contribution in [0, 0.1) is 17.3 Å². The first-order valence-corrected chi connectivity index (χ1v) is 8.48. The SMILES string of the molecule is C[Si](C)(C)C#Cc1cc(F)ccc1B(O)O. The van der Waals surface area contributed by atoms with Crippen LogP contribution in [0.5, 0.6) is 0 Å². The molecule has 0 aliphatic carbocycles. The number of hydrogen-bond acceptors (Lipinski definition) is 2. The van der Waals surface area contributed by atoms with Gasteiger partial charge in [0.2, 0.25) is 0 Å². The van der Waals surface area contributed by atoms with Gasteiger partial charge in [-0.15, -0.1) is 5.54 Å². The number of benzene rings is 1.